The number of carbonyl (C=O) groups excluding carboxylic acids is 4. The van der Waals surface area contributed by atoms with Gasteiger partial charge in [0, 0.05) is 27.7 Å². The molecule has 5 atom stereocenters. The van der Waals surface area contributed by atoms with E-state index in [1.54, 1.807) is 0 Å². The van der Waals surface area contributed by atoms with Crippen molar-refractivity contribution in [1.29, 1.82) is 0 Å². The van der Waals surface area contributed by atoms with Crippen LogP contribution in [0.5, 0.6) is 0 Å². The lowest BCUT2D eigenvalue weighted by molar-refractivity contribution is -0.296. The Morgan fingerprint density at radius 3 is 1.71 bits per heavy atom. The maximum atomic E-state index is 11.3. The highest BCUT2D eigenvalue weighted by Gasteiger charge is 2.51. The van der Waals surface area contributed by atoms with Crippen LogP contribution in [0.4, 0.5) is 0 Å². The van der Waals surface area contributed by atoms with E-state index >= 15 is 0 Å². The molecule has 24 heavy (non-hydrogen) atoms. The van der Waals surface area contributed by atoms with Gasteiger partial charge in [-0.15, -0.1) is 0 Å². The summed E-state index contributed by atoms with van der Waals surface area (Å²) in [6.45, 7) is 4.09. The Morgan fingerprint density at radius 1 is 0.792 bits per heavy atom. The van der Waals surface area contributed by atoms with E-state index in [0.717, 1.165) is 27.7 Å². The molecule has 10 heteroatoms. The van der Waals surface area contributed by atoms with Crippen molar-refractivity contribution < 1.29 is 48.0 Å². The summed E-state index contributed by atoms with van der Waals surface area (Å²) in [6.07, 6.45) is -6.79. The number of hydrogen-bond donors (Lipinski definition) is 1. The van der Waals surface area contributed by atoms with Gasteiger partial charge in [-0.2, -0.15) is 0 Å². The fourth-order valence-electron chi connectivity index (χ4n) is 2.21. The summed E-state index contributed by atoms with van der Waals surface area (Å²) in [6, 6.07) is 0. The molecule has 0 radical (unpaired) electrons. The number of aliphatic hydroxyl groups excluding tert-OH is 1. The van der Waals surface area contributed by atoms with Crippen molar-refractivity contribution in [2.24, 2.45) is 0 Å². The third-order valence-electron chi connectivity index (χ3n) is 2.97. The van der Waals surface area contributed by atoms with Crippen LogP contribution in [-0.2, 0) is 42.9 Å². The van der Waals surface area contributed by atoms with Gasteiger partial charge in [0.25, 0.3) is 0 Å². The average Bonchev–Trinajstić information content (AvgIpc) is 2.42. The van der Waals surface area contributed by atoms with Crippen molar-refractivity contribution in [2.75, 3.05) is 6.61 Å². The number of aliphatic hydroxyl groups is 1. The molecular weight excluding hydrogens is 328 g/mol. The van der Waals surface area contributed by atoms with Crippen LogP contribution in [0.15, 0.2) is 0 Å². The van der Waals surface area contributed by atoms with Crippen LogP contribution < -0.4 is 0 Å². The maximum absolute atomic E-state index is 11.3. The Balaban J connectivity index is 3.11. The second-order valence-electron chi connectivity index (χ2n) is 5.09. The molecule has 0 aromatic carbocycles. The minimum Gasteiger partial charge on any atom is -0.463 e. The molecule has 0 aromatic rings. The van der Waals surface area contributed by atoms with Gasteiger partial charge in [-0.1, -0.05) is 0 Å². The van der Waals surface area contributed by atoms with Crippen LogP contribution in [0, 0.1) is 0 Å². The molecule has 0 aromatic heterocycles. The average molecular weight is 348 g/mol. The van der Waals surface area contributed by atoms with Crippen LogP contribution >= 0.6 is 0 Å². The van der Waals surface area contributed by atoms with Gasteiger partial charge < -0.3 is 28.8 Å². The Morgan fingerprint density at radius 2 is 1.25 bits per heavy atom. The van der Waals surface area contributed by atoms with E-state index in [-0.39, 0.29) is 6.61 Å². The predicted octanol–water partition coefficient (Wildman–Crippen LogP) is -0.938. The predicted molar refractivity (Wildman–Crippen MR) is 74.2 cm³/mol. The summed E-state index contributed by atoms with van der Waals surface area (Å²) < 4.78 is 25.0. The minimum atomic E-state index is -1.68. The van der Waals surface area contributed by atoms with Crippen LogP contribution in [-0.4, -0.2) is 66.3 Å². The standard InChI is InChI=1S/C14H20O10/c1-6(15)20-5-10-11(21-7(2)16)12(22-8(3)17)13(14(19)24-10)23-9(4)18/h10-14,19H,5H2,1-4H3/t10-,11-,12+,13?,14?/m0/s1. The van der Waals surface area contributed by atoms with E-state index in [4.69, 9.17) is 23.7 Å². The highest BCUT2D eigenvalue weighted by atomic mass is 16.7. The van der Waals surface area contributed by atoms with Gasteiger partial charge in [-0.3, -0.25) is 19.2 Å². The Hall–Kier alpha value is -2.20. The second kappa shape index (κ2) is 8.60. The number of rotatable bonds is 5. The fraction of sp³-hybridized carbons (Fsp3) is 0.714. The first-order valence-electron chi connectivity index (χ1n) is 7.10. The molecule has 136 valence electrons. The van der Waals surface area contributed by atoms with Gasteiger partial charge in [-0.25, -0.2) is 0 Å². The van der Waals surface area contributed by atoms with Crippen LogP contribution in [0.2, 0.25) is 0 Å². The molecule has 2 unspecified atom stereocenters. The normalized spacial score (nSPS) is 29.3. The van der Waals surface area contributed by atoms with Crippen LogP contribution in [0.25, 0.3) is 0 Å². The first-order chi connectivity index (χ1) is 11.1. The maximum Gasteiger partial charge on any atom is 0.303 e. The van der Waals surface area contributed by atoms with E-state index in [9.17, 15) is 24.3 Å². The Kier molecular flexibility index (Phi) is 7.11. The van der Waals surface area contributed by atoms with Crippen molar-refractivity contribution in [3.63, 3.8) is 0 Å². The summed E-state index contributed by atoms with van der Waals surface area (Å²) in [7, 11) is 0. The molecule has 0 saturated carbocycles. The van der Waals surface area contributed by atoms with Crippen molar-refractivity contribution in [1.82, 2.24) is 0 Å². The van der Waals surface area contributed by atoms with E-state index < -0.39 is 54.6 Å². The third-order valence-corrected chi connectivity index (χ3v) is 2.97. The first kappa shape index (κ1) is 19.8. The molecule has 1 saturated heterocycles. The molecule has 10 nitrogen and oxygen atoms in total. The van der Waals surface area contributed by atoms with Crippen molar-refractivity contribution in [3.8, 4) is 0 Å². The van der Waals surface area contributed by atoms with Gasteiger partial charge >= 0.3 is 23.9 Å². The third kappa shape index (κ3) is 5.78. The number of hydrogen-bond acceptors (Lipinski definition) is 10. The van der Waals surface area contributed by atoms with Gasteiger partial charge in [0.1, 0.15) is 12.7 Å². The summed E-state index contributed by atoms with van der Waals surface area (Å²) in [5.41, 5.74) is 0. The molecule has 0 aliphatic carbocycles. The molecule has 1 N–H and O–H groups in total. The summed E-state index contributed by atoms with van der Waals surface area (Å²) in [4.78, 5) is 44.9. The van der Waals surface area contributed by atoms with Gasteiger partial charge in [0.2, 0.25) is 0 Å². The fourth-order valence-corrected chi connectivity index (χ4v) is 2.21. The zero-order valence-electron chi connectivity index (χ0n) is 13.7. The van der Waals surface area contributed by atoms with E-state index in [1.165, 1.54) is 0 Å². The highest BCUT2D eigenvalue weighted by molar-refractivity contribution is 5.68. The van der Waals surface area contributed by atoms with E-state index in [2.05, 4.69) is 0 Å². The molecule has 1 rings (SSSR count). The second-order valence-corrected chi connectivity index (χ2v) is 5.09. The quantitative estimate of drug-likeness (QED) is 0.490. The zero-order valence-corrected chi connectivity index (χ0v) is 13.7. The largest absolute Gasteiger partial charge is 0.463 e. The molecule has 0 bridgehead atoms. The lowest BCUT2D eigenvalue weighted by Crippen LogP contribution is -2.62. The summed E-state index contributed by atoms with van der Waals surface area (Å²) >= 11 is 0. The van der Waals surface area contributed by atoms with Gasteiger partial charge in [-0.05, 0) is 0 Å². The molecular formula is C14H20O10. The number of esters is 4. The SMILES string of the molecule is CC(=O)OC[C@@H]1OC(O)C(OC(C)=O)[C@H](OC(C)=O)[C@H]1OC(C)=O. The minimum absolute atomic E-state index is 0.366. The van der Waals surface area contributed by atoms with Crippen molar-refractivity contribution in [3.05, 3.63) is 0 Å². The Labute approximate surface area is 137 Å². The lowest BCUT2D eigenvalue weighted by atomic mass is 9.98. The summed E-state index contributed by atoms with van der Waals surface area (Å²) in [5.74, 6) is -2.87. The van der Waals surface area contributed by atoms with Crippen LogP contribution in [0.3, 0.4) is 0 Å². The molecule has 0 spiro atoms. The van der Waals surface area contributed by atoms with Crippen molar-refractivity contribution >= 4 is 23.9 Å². The Bertz CT molecular complexity index is 502. The molecule has 1 heterocycles. The van der Waals surface area contributed by atoms with Crippen molar-refractivity contribution in [2.45, 2.75) is 58.4 Å². The van der Waals surface area contributed by atoms with Crippen LogP contribution in [0.1, 0.15) is 27.7 Å². The topological polar surface area (TPSA) is 135 Å². The first-order valence-corrected chi connectivity index (χ1v) is 7.10. The smallest absolute Gasteiger partial charge is 0.303 e. The van der Waals surface area contributed by atoms with E-state index in [1.807, 2.05) is 0 Å². The molecule has 1 fully saturated rings. The number of ether oxygens (including phenoxy) is 5. The zero-order chi connectivity index (χ0) is 18.4. The number of carbonyl (C=O) groups is 4. The molecule has 0 amide bonds. The van der Waals surface area contributed by atoms with Gasteiger partial charge in [0.15, 0.2) is 24.6 Å². The molecule has 1 aliphatic heterocycles. The summed E-state index contributed by atoms with van der Waals surface area (Å²) in [5, 5.41) is 10.0. The van der Waals surface area contributed by atoms with Gasteiger partial charge in [0.05, 0.1) is 0 Å². The van der Waals surface area contributed by atoms with E-state index in [0.29, 0.717) is 0 Å². The molecule has 1 aliphatic rings. The monoisotopic (exact) mass is 348 g/mol. The highest BCUT2D eigenvalue weighted by Crippen LogP contribution is 2.28. The lowest BCUT2D eigenvalue weighted by Gasteiger charge is -2.42.